The summed E-state index contributed by atoms with van der Waals surface area (Å²) in [5.74, 6) is 1.87. The van der Waals surface area contributed by atoms with Gasteiger partial charge in [0.2, 0.25) is 0 Å². The van der Waals surface area contributed by atoms with Crippen LogP contribution in [0.4, 0.5) is 0 Å². The van der Waals surface area contributed by atoms with Crippen LogP contribution in [0.2, 0.25) is 0 Å². The van der Waals surface area contributed by atoms with E-state index in [0.29, 0.717) is 19.1 Å². The summed E-state index contributed by atoms with van der Waals surface area (Å²) in [6.07, 6.45) is 8.19. The van der Waals surface area contributed by atoms with Gasteiger partial charge in [0.05, 0.1) is 6.10 Å². The maximum absolute atomic E-state index is 10.8. The van der Waals surface area contributed by atoms with Crippen molar-refractivity contribution in [2.24, 2.45) is 5.92 Å². The highest BCUT2D eigenvalue weighted by atomic mass is 79.9. The lowest BCUT2D eigenvalue weighted by molar-refractivity contribution is 0.0897. The molecule has 1 saturated carbocycles. The first-order valence-electron chi connectivity index (χ1n) is 8.03. The summed E-state index contributed by atoms with van der Waals surface area (Å²) in [4.78, 5) is 0. The quantitative estimate of drug-likeness (QED) is 0.842. The van der Waals surface area contributed by atoms with Crippen LogP contribution < -0.4 is 9.47 Å². The monoisotopic (exact) mass is 354 g/mol. The van der Waals surface area contributed by atoms with E-state index in [2.05, 4.69) is 15.9 Å². The minimum atomic E-state index is -0.423. The van der Waals surface area contributed by atoms with Crippen molar-refractivity contribution in [1.29, 1.82) is 0 Å². The van der Waals surface area contributed by atoms with E-state index in [1.807, 2.05) is 12.1 Å². The van der Waals surface area contributed by atoms with Gasteiger partial charge in [0.1, 0.15) is 13.2 Å². The van der Waals surface area contributed by atoms with Crippen LogP contribution >= 0.6 is 15.9 Å². The van der Waals surface area contributed by atoms with Gasteiger partial charge in [-0.3, -0.25) is 0 Å². The summed E-state index contributed by atoms with van der Waals surface area (Å²) in [5.41, 5.74) is 0.935. The smallest absolute Gasteiger partial charge is 0.162 e. The second-order valence-electron chi connectivity index (χ2n) is 6.07. The molecule has 1 aliphatic heterocycles. The molecule has 0 saturated heterocycles. The summed E-state index contributed by atoms with van der Waals surface area (Å²) in [7, 11) is 0. The molecular formula is C17H23BrO3. The van der Waals surface area contributed by atoms with Crippen molar-refractivity contribution in [3.63, 3.8) is 0 Å². The zero-order valence-corrected chi connectivity index (χ0v) is 13.9. The van der Waals surface area contributed by atoms with Crippen LogP contribution in [-0.4, -0.2) is 18.3 Å². The standard InChI is InChI=1S/C17H23BrO3/c18-14-11-16-15(20-8-9-21-16)10-13(14)17(19)12-6-4-2-1-3-5-7-12/h10-12,17,19H,1-9H2. The van der Waals surface area contributed by atoms with Gasteiger partial charge >= 0.3 is 0 Å². The van der Waals surface area contributed by atoms with Crippen LogP contribution in [0.15, 0.2) is 16.6 Å². The number of hydrogen-bond acceptors (Lipinski definition) is 3. The molecule has 21 heavy (non-hydrogen) atoms. The van der Waals surface area contributed by atoms with Crippen molar-refractivity contribution in [2.45, 2.75) is 51.0 Å². The van der Waals surface area contributed by atoms with Crippen LogP contribution in [0.5, 0.6) is 11.5 Å². The fourth-order valence-corrected chi connectivity index (χ4v) is 3.92. The number of hydrogen-bond donors (Lipinski definition) is 1. The van der Waals surface area contributed by atoms with E-state index < -0.39 is 6.10 Å². The second kappa shape index (κ2) is 7.01. The summed E-state index contributed by atoms with van der Waals surface area (Å²) < 4.78 is 12.1. The molecule has 0 bridgehead atoms. The normalized spacial score (nSPS) is 21.4. The number of halogens is 1. The number of ether oxygens (including phenoxy) is 2. The molecule has 1 unspecified atom stereocenters. The zero-order valence-electron chi connectivity index (χ0n) is 12.3. The predicted octanol–water partition coefficient (Wildman–Crippen LogP) is 4.61. The molecule has 2 aliphatic rings. The SMILES string of the molecule is OC(c1cc2c(cc1Br)OCCO2)C1CCCCCCC1. The Hall–Kier alpha value is -0.740. The van der Waals surface area contributed by atoms with E-state index in [1.165, 1.54) is 32.1 Å². The molecule has 0 radical (unpaired) electrons. The summed E-state index contributed by atoms with van der Waals surface area (Å²) >= 11 is 3.58. The van der Waals surface area contributed by atoms with Crippen LogP contribution in [0.25, 0.3) is 0 Å². The highest BCUT2D eigenvalue weighted by Crippen LogP contribution is 2.41. The van der Waals surface area contributed by atoms with Crippen LogP contribution in [0, 0.1) is 5.92 Å². The van der Waals surface area contributed by atoms with Gasteiger partial charge < -0.3 is 14.6 Å². The van der Waals surface area contributed by atoms with Crippen molar-refractivity contribution in [2.75, 3.05) is 13.2 Å². The Kier molecular flexibility index (Phi) is 5.07. The predicted molar refractivity (Wildman–Crippen MR) is 85.9 cm³/mol. The average Bonchev–Trinajstić information content (AvgIpc) is 2.45. The Balaban J connectivity index is 1.80. The Morgan fingerprint density at radius 1 is 0.952 bits per heavy atom. The van der Waals surface area contributed by atoms with Crippen molar-refractivity contribution in [1.82, 2.24) is 0 Å². The third-order valence-corrected chi connectivity index (χ3v) is 5.26. The van der Waals surface area contributed by atoms with Crippen LogP contribution in [0.3, 0.4) is 0 Å². The van der Waals surface area contributed by atoms with Crippen molar-refractivity contribution < 1.29 is 14.6 Å². The number of rotatable bonds is 2. The summed E-state index contributed by atoms with van der Waals surface area (Å²) in [5, 5.41) is 10.8. The lowest BCUT2D eigenvalue weighted by atomic mass is 9.84. The van der Waals surface area contributed by atoms with Gasteiger partial charge in [0.25, 0.3) is 0 Å². The van der Waals surface area contributed by atoms with E-state index in [4.69, 9.17) is 9.47 Å². The lowest BCUT2D eigenvalue weighted by Crippen LogP contribution is -2.18. The molecule has 116 valence electrons. The molecule has 1 fully saturated rings. The minimum Gasteiger partial charge on any atom is -0.486 e. The number of aliphatic hydroxyl groups is 1. The van der Waals surface area contributed by atoms with Crippen LogP contribution in [-0.2, 0) is 0 Å². The lowest BCUT2D eigenvalue weighted by Gasteiger charge is -2.27. The van der Waals surface area contributed by atoms with E-state index in [-0.39, 0.29) is 0 Å². The molecule has 1 atom stereocenters. The molecule has 1 heterocycles. The molecule has 0 amide bonds. The summed E-state index contributed by atoms with van der Waals surface area (Å²) in [6.45, 7) is 1.16. The van der Waals surface area contributed by atoms with Gasteiger partial charge in [-0.1, -0.05) is 48.0 Å². The second-order valence-corrected chi connectivity index (χ2v) is 6.92. The van der Waals surface area contributed by atoms with E-state index in [9.17, 15) is 5.11 Å². The van der Waals surface area contributed by atoms with Gasteiger partial charge in [0.15, 0.2) is 11.5 Å². The van der Waals surface area contributed by atoms with E-state index in [0.717, 1.165) is 34.4 Å². The van der Waals surface area contributed by atoms with Crippen molar-refractivity contribution in [3.8, 4) is 11.5 Å². The molecule has 3 nitrogen and oxygen atoms in total. The molecule has 1 aromatic carbocycles. The first-order valence-corrected chi connectivity index (χ1v) is 8.82. The Morgan fingerprint density at radius 2 is 1.52 bits per heavy atom. The fourth-order valence-electron chi connectivity index (χ4n) is 3.36. The first kappa shape index (κ1) is 15.2. The number of benzene rings is 1. The van der Waals surface area contributed by atoms with Gasteiger partial charge in [-0.05, 0) is 36.5 Å². The molecular weight excluding hydrogens is 332 g/mol. The van der Waals surface area contributed by atoms with Crippen LogP contribution in [0.1, 0.15) is 56.6 Å². The first-order chi connectivity index (χ1) is 10.3. The van der Waals surface area contributed by atoms with Gasteiger partial charge in [0, 0.05) is 4.47 Å². The molecule has 4 heteroatoms. The van der Waals surface area contributed by atoms with E-state index >= 15 is 0 Å². The number of aliphatic hydroxyl groups excluding tert-OH is 1. The molecule has 0 spiro atoms. The van der Waals surface area contributed by atoms with E-state index in [1.54, 1.807) is 0 Å². The Bertz CT molecular complexity index is 481. The number of fused-ring (bicyclic) bond motifs is 1. The highest BCUT2D eigenvalue weighted by Gasteiger charge is 2.25. The molecule has 1 N–H and O–H groups in total. The maximum Gasteiger partial charge on any atom is 0.162 e. The third kappa shape index (κ3) is 3.54. The van der Waals surface area contributed by atoms with Crippen molar-refractivity contribution in [3.05, 3.63) is 22.2 Å². The zero-order chi connectivity index (χ0) is 14.7. The molecule has 0 aromatic heterocycles. The van der Waals surface area contributed by atoms with Gasteiger partial charge in [-0.15, -0.1) is 0 Å². The minimum absolute atomic E-state index is 0.351. The Labute approximate surface area is 134 Å². The highest BCUT2D eigenvalue weighted by molar-refractivity contribution is 9.10. The topological polar surface area (TPSA) is 38.7 Å². The largest absolute Gasteiger partial charge is 0.486 e. The maximum atomic E-state index is 10.8. The molecule has 1 aromatic rings. The van der Waals surface area contributed by atoms with Crippen molar-refractivity contribution >= 4 is 15.9 Å². The Morgan fingerprint density at radius 3 is 2.19 bits per heavy atom. The average molecular weight is 355 g/mol. The molecule has 3 rings (SSSR count). The summed E-state index contributed by atoms with van der Waals surface area (Å²) in [6, 6.07) is 3.87. The fraction of sp³-hybridized carbons (Fsp3) is 0.647. The van der Waals surface area contributed by atoms with Gasteiger partial charge in [-0.2, -0.15) is 0 Å². The third-order valence-electron chi connectivity index (χ3n) is 4.58. The molecule has 1 aliphatic carbocycles. The van der Waals surface area contributed by atoms with Gasteiger partial charge in [-0.25, -0.2) is 0 Å².